The van der Waals surface area contributed by atoms with Gasteiger partial charge >= 0.3 is 0 Å². The second kappa shape index (κ2) is 3.82. The summed E-state index contributed by atoms with van der Waals surface area (Å²) in [6.45, 7) is 5.64. The minimum Gasteiger partial charge on any atom is -0.377 e. The van der Waals surface area contributed by atoms with E-state index in [4.69, 9.17) is 4.74 Å². The normalized spacial score (nSPS) is 42.2. The van der Waals surface area contributed by atoms with E-state index in [1.165, 1.54) is 25.7 Å². The van der Waals surface area contributed by atoms with E-state index < -0.39 is 0 Å². The molecule has 0 radical (unpaired) electrons. The Hall–Kier alpha value is -0.0800. The molecule has 14 heavy (non-hydrogen) atoms. The standard InChI is InChI=1S/C12H23NO/c1-4-12(2)10(13-3)7-11(12)14-8-9-5-6-9/h9-11,13H,4-8H2,1-3H3. The van der Waals surface area contributed by atoms with Crippen LogP contribution >= 0.6 is 0 Å². The van der Waals surface area contributed by atoms with Gasteiger partial charge in [-0.1, -0.05) is 13.8 Å². The molecular formula is C12H23NO. The van der Waals surface area contributed by atoms with Gasteiger partial charge in [0, 0.05) is 18.1 Å². The van der Waals surface area contributed by atoms with Crippen LogP contribution in [0, 0.1) is 11.3 Å². The fraction of sp³-hybridized carbons (Fsp3) is 1.00. The van der Waals surface area contributed by atoms with E-state index in [1.54, 1.807) is 0 Å². The molecule has 0 amide bonds. The van der Waals surface area contributed by atoms with E-state index in [0.717, 1.165) is 12.5 Å². The molecule has 2 rings (SSSR count). The smallest absolute Gasteiger partial charge is 0.0658 e. The highest BCUT2D eigenvalue weighted by molar-refractivity contribution is 5.04. The Labute approximate surface area is 87.4 Å². The predicted molar refractivity (Wildman–Crippen MR) is 58.3 cm³/mol. The third-order valence-electron chi connectivity index (χ3n) is 4.32. The molecule has 0 saturated heterocycles. The van der Waals surface area contributed by atoms with Gasteiger partial charge in [0.25, 0.3) is 0 Å². The van der Waals surface area contributed by atoms with Crippen LogP contribution in [0.15, 0.2) is 0 Å². The molecule has 2 aliphatic rings. The second-order valence-corrected chi connectivity index (χ2v) is 5.20. The van der Waals surface area contributed by atoms with Gasteiger partial charge in [-0.15, -0.1) is 0 Å². The van der Waals surface area contributed by atoms with Crippen LogP contribution in [0.5, 0.6) is 0 Å². The fourth-order valence-corrected chi connectivity index (χ4v) is 2.53. The highest BCUT2D eigenvalue weighted by Gasteiger charge is 2.50. The third kappa shape index (κ3) is 1.70. The van der Waals surface area contributed by atoms with Crippen molar-refractivity contribution in [1.82, 2.24) is 5.32 Å². The quantitative estimate of drug-likeness (QED) is 0.729. The molecule has 0 aromatic rings. The van der Waals surface area contributed by atoms with Crippen LogP contribution < -0.4 is 5.32 Å². The average Bonchev–Trinajstić information content (AvgIpc) is 2.99. The minimum absolute atomic E-state index is 0.379. The fourth-order valence-electron chi connectivity index (χ4n) is 2.53. The van der Waals surface area contributed by atoms with Crippen LogP contribution in [-0.4, -0.2) is 25.8 Å². The molecule has 2 nitrogen and oxygen atoms in total. The van der Waals surface area contributed by atoms with Crippen LogP contribution in [0.3, 0.4) is 0 Å². The van der Waals surface area contributed by atoms with Gasteiger partial charge in [0.1, 0.15) is 0 Å². The summed E-state index contributed by atoms with van der Waals surface area (Å²) >= 11 is 0. The van der Waals surface area contributed by atoms with Gasteiger partial charge in [0.15, 0.2) is 0 Å². The average molecular weight is 197 g/mol. The van der Waals surface area contributed by atoms with E-state index in [-0.39, 0.29) is 0 Å². The molecule has 1 N–H and O–H groups in total. The maximum Gasteiger partial charge on any atom is 0.0658 e. The summed E-state index contributed by atoms with van der Waals surface area (Å²) in [6.07, 6.45) is 5.71. The first kappa shape index (κ1) is 10.4. The predicted octanol–water partition coefficient (Wildman–Crippen LogP) is 2.19. The van der Waals surface area contributed by atoms with Gasteiger partial charge in [-0.05, 0) is 38.6 Å². The van der Waals surface area contributed by atoms with E-state index in [0.29, 0.717) is 17.6 Å². The number of nitrogens with one attached hydrogen (secondary N) is 1. The summed E-state index contributed by atoms with van der Waals surface area (Å²) in [5, 5.41) is 3.40. The van der Waals surface area contributed by atoms with Gasteiger partial charge in [-0.25, -0.2) is 0 Å². The van der Waals surface area contributed by atoms with Crippen LogP contribution in [0.25, 0.3) is 0 Å². The number of hydrogen-bond acceptors (Lipinski definition) is 2. The Bertz CT molecular complexity index is 202. The van der Waals surface area contributed by atoms with Crippen molar-refractivity contribution >= 4 is 0 Å². The summed E-state index contributed by atoms with van der Waals surface area (Å²) in [6, 6.07) is 0.664. The zero-order chi connectivity index (χ0) is 10.2. The maximum atomic E-state index is 6.00. The Kier molecular flexibility index (Phi) is 2.85. The molecule has 2 fully saturated rings. The van der Waals surface area contributed by atoms with E-state index >= 15 is 0 Å². The monoisotopic (exact) mass is 197 g/mol. The zero-order valence-electron chi connectivity index (χ0n) is 9.68. The van der Waals surface area contributed by atoms with E-state index in [9.17, 15) is 0 Å². The SMILES string of the molecule is CCC1(C)C(NC)CC1OCC1CC1. The number of hydrogen-bond donors (Lipinski definition) is 1. The van der Waals surface area contributed by atoms with Crippen LogP contribution in [0.4, 0.5) is 0 Å². The molecule has 0 aromatic heterocycles. The molecule has 0 spiro atoms. The Morgan fingerprint density at radius 2 is 2.14 bits per heavy atom. The lowest BCUT2D eigenvalue weighted by Gasteiger charge is -2.53. The molecule has 2 saturated carbocycles. The second-order valence-electron chi connectivity index (χ2n) is 5.20. The van der Waals surface area contributed by atoms with Crippen molar-refractivity contribution in [3.05, 3.63) is 0 Å². The maximum absolute atomic E-state index is 6.00. The molecular weight excluding hydrogens is 174 g/mol. The number of rotatable bonds is 5. The molecule has 3 atom stereocenters. The molecule has 2 heteroatoms. The van der Waals surface area contributed by atoms with E-state index in [1.807, 2.05) is 0 Å². The zero-order valence-corrected chi connectivity index (χ0v) is 9.68. The van der Waals surface area contributed by atoms with Crippen LogP contribution in [-0.2, 0) is 4.74 Å². The molecule has 0 bridgehead atoms. The first-order chi connectivity index (χ1) is 6.70. The highest BCUT2D eigenvalue weighted by atomic mass is 16.5. The van der Waals surface area contributed by atoms with Gasteiger partial charge < -0.3 is 10.1 Å². The molecule has 2 aliphatic carbocycles. The molecule has 3 unspecified atom stereocenters. The van der Waals surface area contributed by atoms with Gasteiger partial charge in [-0.2, -0.15) is 0 Å². The van der Waals surface area contributed by atoms with Crippen molar-refractivity contribution in [2.45, 2.75) is 51.7 Å². The Morgan fingerprint density at radius 3 is 2.64 bits per heavy atom. The van der Waals surface area contributed by atoms with Gasteiger partial charge in [0.05, 0.1) is 6.10 Å². The Balaban J connectivity index is 1.81. The lowest BCUT2D eigenvalue weighted by atomic mass is 9.61. The third-order valence-corrected chi connectivity index (χ3v) is 4.32. The topological polar surface area (TPSA) is 21.3 Å². The minimum atomic E-state index is 0.379. The number of ether oxygens (including phenoxy) is 1. The van der Waals surface area contributed by atoms with Crippen LogP contribution in [0.1, 0.15) is 39.5 Å². The summed E-state index contributed by atoms with van der Waals surface area (Å²) < 4.78 is 6.00. The lowest BCUT2D eigenvalue weighted by Crippen LogP contribution is -2.61. The van der Waals surface area contributed by atoms with Crippen molar-refractivity contribution in [2.75, 3.05) is 13.7 Å². The molecule has 0 heterocycles. The molecule has 0 aromatic carbocycles. The molecule has 0 aliphatic heterocycles. The van der Waals surface area contributed by atoms with Crippen molar-refractivity contribution in [3.8, 4) is 0 Å². The van der Waals surface area contributed by atoms with Gasteiger partial charge in [-0.3, -0.25) is 0 Å². The van der Waals surface area contributed by atoms with Crippen LogP contribution in [0.2, 0.25) is 0 Å². The first-order valence-electron chi connectivity index (χ1n) is 5.99. The summed E-state index contributed by atoms with van der Waals surface area (Å²) in [7, 11) is 2.07. The lowest BCUT2D eigenvalue weighted by molar-refractivity contribution is -0.129. The summed E-state index contributed by atoms with van der Waals surface area (Å²) in [4.78, 5) is 0. The van der Waals surface area contributed by atoms with Gasteiger partial charge in [0.2, 0.25) is 0 Å². The summed E-state index contributed by atoms with van der Waals surface area (Å²) in [5.41, 5.74) is 0.379. The largest absolute Gasteiger partial charge is 0.377 e. The highest BCUT2D eigenvalue weighted by Crippen LogP contribution is 2.46. The Morgan fingerprint density at radius 1 is 1.43 bits per heavy atom. The summed E-state index contributed by atoms with van der Waals surface area (Å²) in [5.74, 6) is 0.893. The first-order valence-corrected chi connectivity index (χ1v) is 5.99. The van der Waals surface area contributed by atoms with Crippen molar-refractivity contribution < 1.29 is 4.74 Å². The van der Waals surface area contributed by atoms with Crippen molar-refractivity contribution in [1.29, 1.82) is 0 Å². The van der Waals surface area contributed by atoms with Crippen molar-refractivity contribution in [2.24, 2.45) is 11.3 Å². The molecule has 82 valence electrons. The van der Waals surface area contributed by atoms with Crippen molar-refractivity contribution in [3.63, 3.8) is 0 Å². The van der Waals surface area contributed by atoms with E-state index in [2.05, 4.69) is 26.2 Å².